The number of hydrogen-bond donors (Lipinski definition) is 1. The molecule has 7 nitrogen and oxygen atoms in total. The number of amides is 2. The van der Waals surface area contributed by atoms with Gasteiger partial charge in [0, 0.05) is 21.7 Å². The number of nitrogens with one attached hydrogen (secondary N) is 1. The van der Waals surface area contributed by atoms with Crippen LogP contribution in [0.3, 0.4) is 0 Å². The van der Waals surface area contributed by atoms with Crippen molar-refractivity contribution in [2.45, 2.75) is 26.4 Å². The molecule has 0 radical (unpaired) electrons. The molecule has 0 saturated heterocycles. The lowest BCUT2D eigenvalue weighted by molar-refractivity contribution is -0.139. The molecule has 0 fully saturated rings. The van der Waals surface area contributed by atoms with Gasteiger partial charge in [-0.15, -0.1) is 0 Å². The molecule has 2 rings (SSSR count). The molecule has 0 aromatic heterocycles. The van der Waals surface area contributed by atoms with Gasteiger partial charge in [0.15, 0.2) is 0 Å². The summed E-state index contributed by atoms with van der Waals surface area (Å²) in [6.07, 6.45) is 1.05. The number of carbonyl (C=O) groups is 2. The highest BCUT2D eigenvalue weighted by molar-refractivity contribution is 14.1. The first-order chi connectivity index (χ1) is 14.5. The fourth-order valence-electron chi connectivity index (χ4n) is 2.96. The summed E-state index contributed by atoms with van der Waals surface area (Å²) in [5.74, 6) is -0.819. The summed E-state index contributed by atoms with van der Waals surface area (Å²) in [4.78, 5) is 27.1. The first-order valence-electron chi connectivity index (χ1n) is 9.57. The van der Waals surface area contributed by atoms with Gasteiger partial charge in [0.25, 0.3) is 0 Å². The predicted molar refractivity (Wildman–Crippen MR) is 131 cm³/mol. The topological polar surface area (TPSA) is 86.8 Å². The van der Waals surface area contributed by atoms with Gasteiger partial charge >= 0.3 is 0 Å². The van der Waals surface area contributed by atoms with Crippen LogP contribution in [-0.2, 0) is 26.2 Å². The van der Waals surface area contributed by atoms with Crippen molar-refractivity contribution in [1.82, 2.24) is 10.2 Å². The summed E-state index contributed by atoms with van der Waals surface area (Å²) in [7, 11) is -3.73. The van der Waals surface area contributed by atoms with E-state index >= 15 is 0 Å². The summed E-state index contributed by atoms with van der Waals surface area (Å²) in [6, 6.07) is 13.0. The molecule has 0 heterocycles. The van der Waals surface area contributed by atoms with Gasteiger partial charge in [0.05, 0.1) is 11.9 Å². The minimum atomic E-state index is -3.73. The maximum absolute atomic E-state index is 13.3. The van der Waals surface area contributed by atoms with Crippen LogP contribution >= 0.6 is 34.2 Å². The third-order valence-corrected chi connectivity index (χ3v) is 6.65. The fourth-order valence-corrected chi connectivity index (χ4v) is 4.38. The average Bonchev–Trinajstić information content (AvgIpc) is 2.70. The third kappa shape index (κ3) is 7.36. The molecule has 0 aliphatic heterocycles. The quantitative estimate of drug-likeness (QED) is 0.464. The van der Waals surface area contributed by atoms with E-state index in [1.807, 2.05) is 0 Å². The zero-order chi connectivity index (χ0) is 23.2. The number of carbonyl (C=O) groups excluding carboxylic acids is 2. The van der Waals surface area contributed by atoms with Crippen LogP contribution in [0.5, 0.6) is 0 Å². The Morgan fingerprint density at radius 1 is 1.16 bits per heavy atom. The molecule has 0 saturated carbocycles. The summed E-state index contributed by atoms with van der Waals surface area (Å²) >= 11 is 8.18. The predicted octanol–water partition coefficient (Wildman–Crippen LogP) is 3.26. The van der Waals surface area contributed by atoms with Crippen LogP contribution in [-0.4, -0.2) is 50.5 Å². The first-order valence-corrected chi connectivity index (χ1v) is 12.9. The van der Waals surface area contributed by atoms with E-state index in [-0.39, 0.29) is 12.5 Å². The maximum Gasteiger partial charge on any atom is 0.244 e. The molecule has 0 bridgehead atoms. The van der Waals surface area contributed by atoms with Crippen LogP contribution in [0.1, 0.15) is 19.4 Å². The zero-order valence-electron chi connectivity index (χ0n) is 17.5. The summed E-state index contributed by atoms with van der Waals surface area (Å²) in [5.41, 5.74) is 1.11. The second-order valence-corrected chi connectivity index (χ2v) is 10.6. The van der Waals surface area contributed by atoms with Crippen molar-refractivity contribution in [1.29, 1.82) is 0 Å². The Morgan fingerprint density at radius 2 is 1.81 bits per heavy atom. The minimum absolute atomic E-state index is 0.113. The molecule has 0 aliphatic rings. The number of nitrogens with zero attached hydrogens (tertiary/aromatic N) is 2. The van der Waals surface area contributed by atoms with Gasteiger partial charge < -0.3 is 10.2 Å². The summed E-state index contributed by atoms with van der Waals surface area (Å²) < 4.78 is 26.9. The van der Waals surface area contributed by atoms with Crippen LogP contribution in [0.4, 0.5) is 5.69 Å². The molecule has 31 heavy (non-hydrogen) atoms. The Kier molecular flexibility index (Phi) is 9.14. The van der Waals surface area contributed by atoms with Crippen LogP contribution in [0.25, 0.3) is 0 Å². The number of anilines is 1. The van der Waals surface area contributed by atoms with E-state index in [2.05, 4.69) is 27.9 Å². The van der Waals surface area contributed by atoms with Crippen molar-refractivity contribution in [2.75, 3.05) is 23.7 Å². The number of halogens is 2. The van der Waals surface area contributed by atoms with E-state index < -0.39 is 28.5 Å². The van der Waals surface area contributed by atoms with Gasteiger partial charge in [-0.1, -0.05) is 23.7 Å². The van der Waals surface area contributed by atoms with E-state index in [9.17, 15) is 18.0 Å². The van der Waals surface area contributed by atoms with Crippen molar-refractivity contribution in [3.05, 3.63) is 62.7 Å². The SMILES string of the molecule is CCNC(=O)[C@H](C)N(Cc1cccc(Cl)c1)C(=O)CN(c1ccc(I)cc1)S(C)(=O)=O. The number of likely N-dealkylation sites (N-methyl/N-ethyl adjacent to an activating group) is 1. The Bertz CT molecular complexity index is 1030. The number of sulfonamides is 1. The van der Waals surface area contributed by atoms with Crippen molar-refractivity contribution < 1.29 is 18.0 Å². The highest BCUT2D eigenvalue weighted by Gasteiger charge is 2.29. The van der Waals surface area contributed by atoms with Crippen LogP contribution < -0.4 is 9.62 Å². The average molecular weight is 578 g/mol. The van der Waals surface area contributed by atoms with E-state index in [4.69, 9.17) is 11.6 Å². The van der Waals surface area contributed by atoms with E-state index in [1.54, 1.807) is 62.4 Å². The first kappa shape index (κ1) is 25.4. The van der Waals surface area contributed by atoms with Crippen molar-refractivity contribution in [3.8, 4) is 0 Å². The zero-order valence-corrected chi connectivity index (χ0v) is 21.2. The van der Waals surface area contributed by atoms with Gasteiger partial charge in [-0.2, -0.15) is 0 Å². The molecule has 10 heteroatoms. The second kappa shape index (κ2) is 11.1. The molecule has 0 unspecified atom stereocenters. The van der Waals surface area contributed by atoms with E-state index in [0.717, 1.165) is 19.7 Å². The molecular weight excluding hydrogens is 553 g/mol. The standard InChI is InChI=1S/C21H25ClIN3O4S/c1-4-24-21(28)15(2)25(13-16-6-5-7-17(22)12-16)20(27)14-26(31(3,29)30)19-10-8-18(23)9-11-19/h5-12,15H,4,13-14H2,1-3H3,(H,24,28)/t15-/m0/s1. The molecule has 0 aliphatic carbocycles. The van der Waals surface area contributed by atoms with Crippen molar-refractivity contribution in [3.63, 3.8) is 0 Å². The molecule has 1 N–H and O–H groups in total. The molecule has 2 amide bonds. The molecular formula is C21H25ClIN3O4S. The van der Waals surface area contributed by atoms with Gasteiger partial charge in [0.2, 0.25) is 21.8 Å². The second-order valence-electron chi connectivity index (χ2n) is 6.97. The van der Waals surface area contributed by atoms with E-state index in [0.29, 0.717) is 17.3 Å². The number of hydrogen-bond acceptors (Lipinski definition) is 4. The van der Waals surface area contributed by atoms with Gasteiger partial charge in [0.1, 0.15) is 12.6 Å². The van der Waals surface area contributed by atoms with Crippen LogP contribution in [0.15, 0.2) is 48.5 Å². The Morgan fingerprint density at radius 3 is 2.35 bits per heavy atom. The maximum atomic E-state index is 13.3. The number of benzene rings is 2. The van der Waals surface area contributed by atoms with Crippen LogP contribution in [0, 0.1) is 3.57 Å². The minimum Gasteiger partial charge on any atom is -0.355 e. The summed E-state index contributed by atoms with van der Waals surface area (Å²) in [6.45, 7) is 3.51. The lowest BCUT2D eigenvalue weighted by atomic mass is 10.1. The molecule has 2 aromatic rings. The highest BCUT2D eigenvalue weighted by Crippen LogP contribution is 2.21. The molecule has 168 valence electrons. The smallest absolute Gasteiger partial charge is 0.244 e. The Labute approximate surface area is 201 Å². The number of rotatable bonds is 9. The Hall–Kier alpha value is -1.85. The largest absolute Gasteiger partial charge is 0.355 e. The van der Waals surface area contributed by atoms with Gasteiger partial charge in [-0.3, -0.25) is 13.9 Å². The van der Waals surface area contributed by atoms with E-state index in [1.165, 1.54) is 4.90 Å². The molecule has 1 atom stereocenters. The fraction of sp³-hybridized carbons (Fsp3) is 0.333. The molecule has 0 spiro atoms. The van der Waals surface area contributed by atoms with Gasteiger partial charge in [-0.05, 0) is 78.4 Å². The highest BCUT2D eigenvalue weighted by atomic mass is 127. The van der Waals surface area contributed by atoms with Gasteiger partial charge in [-0.25, -0.2) is 8.42 Å². The van der Waals surface area contributed by atoms with Crippen molar-refractivity contribution >= 4 is 61.7 Å². The monoisotopic (exact) mass is 577 g/mol. The molecule has 2 aromatic carbocycles. The van der Waals surface area contributed by atoms with Crippen molar-refractivity contribution in [2.24, 2.45) is 0 Å². The lowest BCUT2D eigenvalue weighted by Gasteiger charge is -2.31. The normalized spacial score (nSPS) is 12.2. The lowest BCUT2D eigenvalue weighted by Crippen LogP contribution is -2.51. The third-order valence-electron chi connectivity index (χ3n) is 4.55. The Balaban J connectivity index is 2.37. The van der Waals surface area contributed by atoms with Crippen LogP contribution in [0.2, 0.25) is 5.02 Å². The summed E-state index contributed by atoms with van der Waals surface area (Å²) in [5, 5.41) is 3.21.